The molecule has 0 bridgehead atoms. The van der Waals surface area contributed by atoms with E-state index in [9.17, 15) is 4.39 Å². The fraction of sp³-hybridized carbons (Fsp3) is 0.0323. The van der Waals surface area contributed by atoms with Gasteiger partial charge >= 0.3 is 0 Å². The first-order valence-electron chi connectivity index (χ1n) is 11.6. The third-order valence-corrected chi connectivity index (χ3v) is 6.43. The predicted molar refractivity (Wildman–Crippen MR) is 138 cm³/mol. The number of fused-ring (bicyclic) bond motifs is 1. The Morgan fingerprint density at radius 3 is 1.71 bits per heavy atom. The zero-order valence-corrected chi connectivity index (χ0v) is 18.9. The van der Waals surface area contributed by atoms with E-state index in [1.807, 2.05) is 72.8 Å². The number of hydrogen-bond donors (Lipinski definition) is 0. The van der Waals surface area contributed by atoms with E-state index in [2.05, 4.69) is 41.1 Å². The molecule has 4 aromatic carbocycles. The molecule has 0 N–H and O–H groups in total. The Bertz CT molecular complexity index is 1500. The first-order chi connectivity index (χ1) is 17.3. The van der Waals surface area contributed by atoms with Crippen LogP contribution in [0.5, 0.6) is 0 Å². The van der Waals surface area contributed by atoms with Gasteiger partial charge in [-0.15, -0.1) is 0 Å². The lowest BCUT2D eigenvalue weighted by Crippen LogP contribution is -2.38. The van der Waals surface area contributed by atoms with Crippen molar-refractivity contribution in [3.8, 4) is 11.3 Å². The molecule has 2 aromatic heterocycles. The number of aromatic nitrogens is 3. The maximum absolute atomic E-state index is 14.2. The van der Waals surface area contributed by atoms with Gasteiger partial charge in [0, 0.05) is 11.8 Å². The van der Waals surface area contributed by atoms with E-state index in [0.29, 0.717) is 11.3 Å². The molecular formula is C31H22FN3. The van der Waals surface area contributed by atoms with Crippen molar-refractivity contribution in [2.75, 3.05) is 0 Å². The molecule has 168 valence electrons. The number of pyridine rings is 1. The van der Waals surface area contributed by atoms with Gasteiger partial charge in [0.15, 0.2) is 0 Å². The zero-order chi connectivity index (χ0) is 23.7. The number of nitrogens with zero attached hydrogens (tertiary/aromatic N) is 3. The second-order valence-electron chi connectivity index (χ2n) is 8.45. The maximum atomic E-state index is 14.2. The van der Waals surface area contributed by atoms with E-state index in [0.717, 1.165) is 27.7 Å². The Balaban J connectivity index is 1.78. The van der Waals surface area contributed by atoms with Crippen LogP contribution in [0.15, 0.2) is 134 Å². The molecule has 0 fully saturated rings. The van der Waals surface area contributed by atoms with E-state index in [-0.39, 0.29) is 5.82 Å². The number of benzene rings is 4. The topological polar surface area (TPSA) is 30.7 Å². The normalized spacial score (nSPS) is 11.6. The second kappa shape index (κ2) is 8.65. The molecule has 0 saturated heterocycles. The van der Waals surface area contributed by atoms with Crippen LogP contribution < -0.4 is 0 Å². The van der Waals surface area contributed by atoms with Gasteiger partial charge in [0.1, 0.15) is 22.6 Å². The third kappa shape index (κ3) is 3.42. The standard InChI is InChI=1S/C31H22FN3/c32-27-19-10-12-23(22-27)29-30-28(20-11-21-33-30)35(34-29)31(24-13-4-1-5-14-24,25-15-6-2-7-16-25)26-17-8-3-9-18-26/h1-22H. The summed E-state index contributed by atoms with van der Waals surface area (Å²) in [4.78, 5) is 4.70. The van der Waals surface area contributed by atoms with Crippen LogP contribution in [-0.2, 0) is 5.54 Å². The van der Waals surface area contributed by atoms with E-state index < -0.39 is 5.54 Å². The average molecular weight is 456 g/mol. The van der Waals surface area contributed by atoms with Crippen molar-refractivity contribution in [3.63, 3.8) is 0 Å². The maximum Gasteiger partial charge on any atom is 0.138 e. The molecule has 6 aromatic rings. The van der Waals surface area contributed by atoms with Crippen molar-refractivity contribution in [2.24, 2.45) is 0 Å². The third-order valence-electron chi connectivity index (χ3n) is 6.43. The van der Waals surface area contributed by atoms with Crippen molar-refractivity contribution < 1.29 is 4.39 Å². The minimum absolute atomic E-state index is 0.304. The highest BCUT2D eigenvalue weighted by atomic mass is 19.1. The molecule has 0 saturated carbocycles. The van der Waals surface area contributed by atoms with Crippen LogP contribution in [0.25, 0.3) is 22.3 Å². The van der Waals surface area contributed by atoms with Crippen LogP contribution in [0.2, 0.25) is 0 Å². The Hall–Kier alpha value is -4.57. The van der Waals surface area contributed by atoms with Gasteiger partial charge in [-0.3, -0.25) is 4.98 Å². The average Bonchev–Trinajstić information content (AvgIpc) is 3.31. The van der Waals surface area contributed by atoms with Crippen molar-refractivity contribution in [1.29, 1.82) is 0 Å². The van der Waals surface area contributed by atoms with E-state index >= 15 is 0 Å². The molecule has 0 amide bonds. The summed E-state index contributed by atoms with van der Waals surface area (Å²) in [6.07, 6.45) is 1.76. The van der Waals surface area contributed by atoms with E-state index in [1.165, 1.54) is 12.1 Å². The summed E-state index contributed by atoms with van der Waals surface area (Å²) in [5, 5.41) is 5.19. The van der Waals surface area contributed by atoms with Gasteiger partial charge in [0.05, 0.1) is 5.52 Å². The molecule has 0 unspecified atom stereocenters. The van der Waals surface area contributed by atoms with E-state index in [4.69, 9.17) is 10.1 Å². The largest absolute Gasteiger partial charge is 0.252 e. The lowest BCUT2D eigenvalue weighted by molar-refractivity contribution is 0.477. The molecule has 0 spiro atoms. The molecule has 0 aliphatic heterocycles. The van der Waals surface area contributed by atoms with Gasteiger partial charge in [0.2, 0.25) is 0 Å². The highest BCUT2D eigenvalue weighted by molar-refractivity contribution is 5.90. The van der Waals surface area contributed by atoms with Gasteiger partial charge in [-0.2, -0.15) is 5.10 Å². The zero-order valence-electron chi connectivity index (χ0n) is 18.9. The Kier molecular flexibility index (Phi) is 5.19. The Morgan fingerprint density at radius 2 is 1.17 bits per heavy atom. The molecule has 3 nitrogen and oxygen atoms in total. The molecule has 2 heterocycles. The summed E-state index contributed by atoms with van der Waals surface area (Å²) >= 11 is 0. The lowest BCUT2D eigenvalue weighted by atomic mass is 9.77. The molecule has 4 heteroatoms. The van der Waals surface area contributed by atoms with Crippen LogP contribution >= 0.6 is 0 Å². The van der Waals surface area contributed by atoms with Crippen LogP contribution in [0.4, 0.5) is 4.39 Å². The van der Waals surface area contributed by atoms with Crippen molar-refractivity contribution in [1.82, 2.24) is 14.8 Å². The van der Waals surface area contributed by atoms with Gasteiger partial charge in [-0.05, 0) is 41.0 Å². The fourth-order valence-electron chi connectivity index (χ4n) is 4.94. The summed E-state index contributed by atoms with van der Waals surface area (Å²) in [6, 6.07) is 41.6. The molecule has 6 rings (SSSR count). The summed E-state index contributed by atoms with van der Waals surface area (Å²) in [7, 11) is 0. The number of hydrogen-bond acceptors (Lipinski definition) is 2. The summed E-state index contributed by atoms with van der Waals surface area (Å²) in [5.41, 5.74) is 5.34. The number of rotatable bonds is 5. The Morgan fingerprint density at radius 1 is 0.600 bits per heavy atom. The van der Waals surface area contributed by atoms with Crippen LogP contribution in [-0.4, -0.2) is 14.8 Å². The minimum atomic E-state index is -0.781. The van der Waals surface area contributed by atoms with Crippen LogP contribution in [0, 0.1) is 5.82 Å². The van der Waals surface area contributed by atoms with Crippen molar-refractivity contribution in [2.45, 2.75) is 5.54 Å². The summed E-state index contributed by atoms with van der Waals surface area (Å²) < 4.78 is 16.3. The fourth-order valence-corrected chi connectivity index (χ4v) is 4.94. The van der Waals surface area contributed by atoms with Crippen LogP contribution in [0.3, 0.4) is 0 Å². The van der Waals surface area contributed by atoms with Crippen molar-refractivity contribution in [3.05, 3.63) is 156 Å². The molecule has 0 aliphatic rings. The predicted octanol–water partition coefficient (Wildman–Crippen LogP) is 7.08. The lowest BCUT2D eigenvalue weighted by Gasteiger charge is -2.37. The molecule has 35 heavy (non-hydrogen) atoms. The molecular weight excluding hydrogens is 433 g/mol. The molecule has 0 radical (unpaired) electrons. The van der Waals surface area contributed by atoms with E-state index in [1.54, 1.807) is 12.3 Å². The molecule has 0 aliphatic carbocycles. The first-order valence-corrected chi connectivity index (χ1v) is 11.6. The monoisotopic (exact) mass is 455 g/mol. The van der Waals surface area contributed by atoms with Crippen molar-refractivity contribution >= 4 is 11.0 Å². The van der Waals surface area contributed by atoms with Gasteiger partial charge in [0.25, 0.3) is 0 Å². The van der Waals surface area contributed by atoms with Gasteiger partial charge < -0.3 is 0 Å². The first kappa shape index (κ1) is 21.0. The van der Waals surface area contributed by atoms with Gasteiger partial charge in [-0.25, -0.2) is 9.07 Å². The second-order valence-corrected chi connectivity index (χ2v) is 8.45. The summed E-state index contributed by atoms with van der Waals surface area (Å²) in [5.74, 6) is -0.304. The highest BCUT2D eigenvalue weighted by Gasteiger charge is 2.41. The highest BCUT2D eigenvalue weighted by Crippen LogP contribution is 2.43. The smallest absolute Gasteiger partial charge is 0.138 e. The van der Waals surface area contributed by atoms with Gasteiger partial charge in [-0.1, -0.05) is 103 Å². The quantitative estimate of drug-likeness (QED) is 0.260. The SMILES string of the molecule is Fc1cccc(-c2nn(C(c3ccccc3)(c3ccccc3)c3ccccc3)c3cccnc23)c1. The number of halogens is 1. The summed E-state index contributed by atoms with van der Waals surface area (Å²) in [6.45, 7) is 0. The molecule has 0 atom stereocenters. The Labute approximate surface area is 203 Å². The minimum Gasteiger partial charge on any atom is -0.252 e. The van der Waals surface area contributed by atoms with Crippen LogP contribution in [0.1, 0.15) is 16.7 Å².